The summed E-state index contributed by atoms with van der Waals surface area (Å²) in [6, 6.07) is 0. The van der Waals surface area contributed by atoms with E-state index in [4.69, 9.17) is 19.4 Å². The molecule has 0 fully saturated rings. The normalized spacial score (nSPS) is 2.38. The Morgan fingerprint density at radius 3 is 1.12 bits per heavy atom. The van der Waals surface area contributed by atoms with E-state index >= 15 is 0 Å². The van der Waals surface area contributed by atoms with Gasteiger partial charge in [0.2, 0.25) is 0 Å². The van der Waals surface area contributed by atoms with E-state index in [2.05, 4.69) is 0 Å². The molecule has 0 saturated carbocycles. The van der Waals surface area contributed by atoms with Crippen LogP contribution in [0.5, 0.6) is 0 Å². The van der Waals surface area contributed by atoms with Gasteiger partial charge >= 0.3 is 55.1 Å². The predicted molar refractivity (Wildman–Crippen MR) is 16.3 cm³/mol. The first-order valence-electron chi connectivity index (χ1n) is 1.11. The molecule has 8 heavy (non-hydrogen) atoms. The Labute approximate surface area is 64.0 Å². The molecule has 0 spiro atoms. The fourth-order valence-corrected chi connectivity index (χ4v) is 0. The molecule has 0 aromatic heterocycles. The first kappa shape index (κ1) is 15.8. The summed E-state index contributed by atoms with van der Waals surface area (Å²) < 4.78 is 42.1. The summed E-state index contributed by atoms with van der Waals surface area (Å²) in [6.07, 6.45) is 0. The van der Waals surface area contributed by atoms with Crippen molar-refractivity contribution in [3.8, 4) is 0 Å². The van der Waals surface area contributed by atoms with E-state index in [1.54, 1.807) is 0 Å². The van der Waals surface area contributed by atoms with E-state index in [0.29, 0.717) is 16.2 Å². The molecule has 0 amide bonds. The zero-order valence-corrected chi connectivity index (χ0v) is 7.72. The molecule has 0 aromatic carbocycles. The summed E-state index contributed by atoms with van der Waals surface area (Å²) in [5.41, 5.74) is 0. The zero-order valence-electron chi connectivity index (χ0n) is 3.75. The Hall–Kier alpha value is 0.464. The molecule has 0 aliphatic heterocycles. The van der Waals surface area contributed by atoms with Crippen molar-refractivity contribution in [3.05, 3.63) is 0 Å². The summed E-state index contributed by atoms with van der Waals surface area (Å²) in [6.45, 7) is 0. The first-order chi connectivity index (χ1) is 3.83. The molecular formula is HAlO5SiTi. The molecule has 0 aliphatic rings. The summed E-state index contributed by atoms with van der Waals surface area (Å²) in [5.74, 6) is 0. The molecule has 8 heteroatoms. The average Bonchev–Trinajstić information content (AvgIpc) is 1.75. The van der Waals surface area contributed by atoms with Crippen molar-refractivity contribution in [1.82, 2.24) is 0 Å². The third-order valence-electron chi connectivity index (χ3n) is 0. The molecule has 0 aromatic rings. The second-order valence-electron chi connectivity index (χ2n) is 0.167. The van der Waals surface area contributed by atoms with Crippen molar-refractivity contribution in [3.63, 3.8) is 0 Å². The Bertz CT molecular complexity index is 76.6. The molecular weight excluding hydrogens is 183 g/mol. The number of hydrogen-bond acceptors (Lipinski definition) is 5. The maximum absolute atomic E-state index is 8.50. The second kappa shape index (κ2) is 51.4. The van der Waals surface area contributed by atoms with E-state index < -0.39 is 28.4 Å². The van der Waals surface area contributed by atoms with Crippen LogP contribution in [0.15, 0.2) is 0 Å². The Balaban J connectivity index is -0.0000000483. The van der Waals surface area contributed by atoms with Gasteiger partial charge in [-0.1, -0.05) is 0 Å². The molecule has 0 rings (SSSR count). The molecule has 0 atom stereocenters. The monoisotopic (exact) mass is 184 g/mol. The second-order valence-corrected chi connectivity index (χ2v) is 0.594. The van der Waals surface area contributed by atoms with Crippen LogP contribution < -0.4 is 0 Å². The van der Waals surface area contributed by atoms with Gasteiger partial charge in [0.1, 0.15) is 0 Å². The fraction of sp³-hybridized carbons (Fsp3) is 0. The van der Waals surface area contributed by atoms with Crippen molar-refractivity contribution in [2.24, 2.45) is 0 Å². The molecule has 0 unspecified atom stereocenters. The molecule has 0 heterocycles. The van der Waals surface area contributed by atoms with Gasteiger partial charge in [0.15, 0.2) is 0 Å². The van der Waals surface area contributed by atoms with Crippen molar-refractivity contribution in [2.75, 3.05) is 0 Å². The number of rotatable bonds is 0. The Morgan fingerprint density at radius 2 is 1.12 bits per heavy atom. The SMILES string of the molecule is O=[Si]=O.[O]=[AlH].[O]=[Ti]=[O]. The van der Waals surface area contributed by atoms with Gasteiger partial charge in [0, 0.05) is 0 Å². The average molecular weight is 184 g/mol. The summed E-state index contributed by atoms with van der Waals surface area (Å²) in [4.78, 5) is 0. The van der Waals surface area contributed by atoms with Crippen LogP contribution in [-0.4, -0.2) is 25.5 Å². The molecule has 0 radical (unpaired) electrons. The van der Waals surface area contributed by atoms with Crippen LogP contribution in [0.3, 0.4) is 0 Å². The quantitative estimate of drug-likeness (QED) is 0.422. The fourth-order valence-electron chi connectivity index (χ4n) is 0. The molecule has 42 valence electrons. The van der Waals surface area contributed by atoms with Crippen LogP contribution in [0, 0.1) is 0 Å². The van der Waals surface area contributed by atoms with E-state index in [-0.39, 0.29) is 0 Å². The Kier molecular flexibility index (Phi) is 101. The van der Waals surface area contributed by atoms with Crippen LogP contribution in [0.2, 0.25) is 0 Å². The van der Waals surface area contributed by atoms with Crippen molar-refractivity contribution < 1.29 is 38.5 Å². The van der Waals surface area contributed by atoms with Gasteiger partial charge in [-0.25, -0.2) is 0 Å². The number of hydrogen-bond donors (Lipinski definition) is 0. The van der Waals surface area contributed by atoms with Crippen LogP contribution >= 0.6 is 0 Å². The van der Waals surface area contributed by atoms with E-state index in [1.807, 2.05) is 0 Å². The summed E-state index contributed by atoms with van der Waals surface area (Å²) in [7, 11) is -1.42. The van der Waals surface area contributed by atoms with Crippen LogP contribution in [0.1, 0.15) is 0 Å². The topological polar surface area (TPSA) is 85.3 Å². The van der Waals surface area contributed by atoms with Gasteiger partial charge in [-0.3, -0.25) is 8.92 Å². The molecule has 0 bridgehead atoms. The van der Waals surface area contributed by atoms with E-state index in [0.717, 1.165) is 0 Å². The molecule has 5 nitrogen and oxygen atoms in total. The van der Waals surface area contributed by atoms with Crippen LogP contribution in [0.4, 0.5) is 0 Å². The minimum absolute atomic E-state index is 0.611. The molecule has 0 saturated heterocycles. The van der Waals surface area contributed by atoms with E-state index in [1.165, 1.54) is 0 Å². The third-order valence-corrected chi connectivity index (χ3v) is 0. The van der Waals surface area contributed by atoms with Crippen molar-refractivity contribution in [2.45, 2.75) is 0 Å². The summed E-state index contributed by atoms with van der Waals surface area (Å²) >= 11 is -1.39. The van der Waals surface area contributed by atoms with Gasteiger partial charge in [-0.15, -0.1) is 0 Å². The first-order valence-corrected chi connectivity index (χ1v) is 3.77. The van der Waals surface area contributed by atoms with Gasteiger partial charge in [0.25, 0.3) is 0 Å². The maximum atomic E-state index is 8.50. The van der Waals surface area contributed by atoms with Gasteiger partial charge in [-0.05, 0) is 0 Å². The van der Waals surface area contributed by atoms with Gasteiger partial charge in [0.05, 0.1) is 0 Å². The predicted octanol–water partition coefficient (Wildman–Crippen LogP) is -1.63. The molecule has 0 N–H and O–H groups in total. The Morgan fingerprint density at radius 1 is 1.12 bits per heavy atom. The standard InChI is InChI=1S/Al.O2Si.3O.Ti.H/c;1-3-2;;;;;. The van der Waals surface area contributed by atoms with Crippen LogP contribution in [-0.2, 0) is 38.5 Å². The minimum atomic E-state index is -2.00. The van der Waals surface area contributed by atoms with Crippen LogP contribution in [0.25, 0.3) is 0 Å². The van der Waals surface area contributed by atoms with Crippen molar-refractivity contribution >= 4 is 25.5 Å². The summed E-state index contributed by atoms with van der Waals surface area (Å²) in [5, 5.41) is 0. The zero-order chi connectivity index (χ0) is 7.41. The van der Waals surface area contributed by atoms with Gasteiger partial charge in [-0.2, -0.15) is 0 Å². The third kappa shape index (κ3) is 898. The van der Waals surface area contributed by atoms with Crippen molar-refractivity contribution in [1.29, 1.82) is 0 Å². The van der Waals surface area contributed by atoms with Gasteiger partial charge < -0.3 is 0 Å². The molecule has 0 aliphatic carbocycles. The van der Waals surface area contributed by atoms with E-state index in [9.17, 15) is 0 Å².